The summed E-state index contributed by atoms with van der Waals surface area (Å²) < 4.78 is 0. The summed E-state index contributed by atoms with van der Waals surface area (Å²) in [7, 11) is 0. The molecule has 3 nitrogen and oxygen atoms in total. The molecule has 0 aliphatic carbocycles. The maximum atomic E-state index is 10.4. The number of unbranched alkanes of at least 4 members (excludes halogenated alkanes) is 10. The topological polar surface area (TPSA) is 57.5 Å². The lowest BCUT2D eigenvalue weighted by Gasteiger charge is -2.07. The predicted molar refractivity (Wildman–Crippen MR) is 107 cm³/mol. The third-order valence-electron chi connectivity index (χ3n) is 4.51. The average Bonchev–Trinajstić information content (AvgIpc) is 2.58. The number of aliphatic hydroxyl groups excluding tert-OH is 1. The Kier molecular flexibility index (Phi) is 18.4. The summed E-state index contributed by atoms with van der Waals surface area (Å²) in [5, 5.41) is 18.4. The minimum Gasteiger partial charge on any atom is -0.481 e. The molecule has 0 spiro atoms. The fraction of sp³-hybridized carbons (Fsp3) is 0.773. The van der Waals surface area contributed by atoms with Crippen LogP contribution in [0.25, 0.3) is 0 Å². The Labute approximate surface area is 155 Å². The molecule has 0 radical (unpaired) electrons. The van der Waals surface area contributed by atoms with Crippen LogP contribution in [0.2, 0.25) is 0 Å². The first-order chi connectivity index (χ1) is 12.2. The summed E-state index contributed by atoms with van der Waals surface area (Å²) in [6.45, 7) is 2.02. The van der Waals surface area contributed by atoms with Crippen molar-refractivity contribution in [2.75, 3.05) is 0 Å². The highest BCUT2D eigenvalue weighted by atomic mass is 16.4. The minimum absolute atomic E-state index is 0.178. The smallest absolute Gasteiger partial charge is 0.303 e. The summed E-state index contributed by atoms with van der Waals surface area (Å²) in [4.78, 5) is 10.4. The molecule has 0 aromatic heterocycles. The summed E-state index contributed by atoms with van der Waals surface area (Å²) in [5.41, 5.74) is 0. The van der Waals surface area contributed by atoms with Gasteiger partial charge in [0.2, 0.25) is 0 Å². The van der Waals surface area contributed by atoms with E-state index < -0.39 is 5.97 Å². The molecule has 0 rings (SSSR count). The molecular formula is C22H40O3. The van der Waals surface area contributed by atoms with Gasteiger partial charge in [0, 0.05) is 6.42 Å². The normalized spacial score (nSPS) is 13.0. The van der Waals surface area contributed by atoms with Crippen LogP contribution in [0.3, 0.4) is 0 Å². The number of hydrogen-bond donors (Lipinski definition) is 2. The molecule has 0 saturated carbocycles. The van der Waals surface area contributed by atoms with Crippen LogP contribution in [0.1, 0.15) is 103 Å². The number of hydrogen-bond acceptors (Lipinski definition) is 2. The second-order valence-corrected chi connectivity index (χ2v) is 6.99. The van der Waals surface area contributed by atoms with Crippen LogP contribution in [0, 0.1) is 0 Å². The Bertz CT molecular complexity index is 347. The van der Waals surface area contributed by atoms with Gasteiger partial charge in [0.1, 0.15) is 0 Å². The lowest BCUT2D eigenvalue weighted by Crippen LogP contribution is -2.04. The first-order valence-electron chi connectivity index (χ1n) is 10.3. The Morgan fingerprint density at radius 3 is 1.84 bits per heavy atom. The molecule has 0 aromatic carbocycles. The van der Waals surface area contributed by atoms with Crippen LogP contribution < -0.4 is 0 Å². The van der Waals surface area contributed by atoms with Gasteiger partial charge in [-0.15, -0.1) is 0 Å². The van der Waals surface area contributed by atoms with Gasteiger partial charge in [-0.3, -0.25) is 4.79 Å². The van der Waals surface area contributed by atoms with Crippen molar-refractivity contribution >= 4 is 5.97 Å². The van der Waals surface area contributed by atoms with Crippen molar-refractivity contribution in [1.29, 1.82) is 0 Å². The molecule has 0 aliphatic heterocycles. The highest BCUT2D eigenvalue weighted by Crippen LogP contribution is 2.13. The van der Waals surface area contributed by atoms with E-state index in [1.165, 1.54) is 51.4 Å². The van der Waals surface area contributed by atoms with E-state index in [2.05, 4.69) is 18.2 Å². The van der Waals surface area contributed by atoms with E-state index in [-0.39, 0.29) is 6.10 Å². The lowest BCUT2D eigenvalue weighted by molar-refractivity contribution is -0.137. The molecule has 0 bridgehead atoms. The average molecular weight is 353 g/mol. The van der Waals surface area contributed by atoms with Gasteiger partial charge >= 0.3 is 5.97 Å². The van der Waals surface area contributed by atoms with Gasteiger partial charge < -0.3 is 10.2 Å². The van der Waals surface area contributed by atoms with Gasteiger partial charge in [0.25, 0.3) is 0 Å². The van der Waals surface area contributed by atoms with Crippen molar-refractivity contribution < 1.29 is 15.0 Å². The van der Waals surface area contributed by atoms with E-state index >= 15 is 0 Å². The van der Waals surface area contributed by atoms with Crippen molar-refractivity contribution in [3.8, 4) is 0 Å². The van der Waals surface area contributed by atoms with E-state index in [0.29, 0.717) is 6.42 Å². The largest absolute Gasteiger partial charge is 0.481 e. The van der Waals surface area contributed by atoms with Gasteiger partial charge in [0.05, 0.1) is 6.10 Å². The first kappa shape index (κ1) is 23.9. The molecule has 25 heavy (non-hydrogen) atoms. The number of rotatable bonds is 18. The highest BCUT2D eigenvalue weighted by Gasteiger charge is 2.01. The lowest BCUT2D eigenvalue weighted by atomic mass is 10.0. The molecule has 0 aliphatic rings. The van der Waals surface area contributed by atoms with Gasteiger partial charge in [-0.25, -0.2) is 0 Å². The first-order valence-corrected chi connectivity index (χ1v) is 10.3. The summed E-state index contributed by atoms with van der Waals surface area (Å²) in [6, 6.07) is 0. The Balaban J connectivity index is 3.20. The molecule has 0 heterocycles. The molecule has 2 N–H and O–H groups in total. The van der Waals surface area contributed by atoms with Gasteiger partial charge in [-0.05, 0) is 32.6 Å². The molecule has 0 saturated heterocycles. The zero-order valence-corrected chi connectivity index (χ0v) is 16.3. The number of carbonyl (C=O) groups is 1. The SMILES string of the molecule is CC=CCC=CCC(O)CCCCCCCCCCCCCC(=O)O. The monoisotopic (exact) mass is 352 g/mol. The van der Waals surface area contributed by atoms with E-state index in [4.69, 9.17) is 5.11 Å². The van der Waals surface area contributed by atoms with Gasteiger partial charge in [0.15, 0.2) is 0 Å². The van der Waals surface area contributed by atoms with Gasteiger partial charge in [-0.2, -0.15) is 0 Å². The zero-order chi connectivity index (χ0) is 18.6. The second-order valence-electron chi connectivity index (χ2n) is 6.99. The van der Waals surface area contributed by atoms with E-state index in [1.54, 1.807) is 0 Å². The van der Waals surface area contributed by atoms with Crippen molar-refractivity contribution in [3.05, 3.63) is 24.3 Å². The molecule has 0 fully saturated rings. The van der Waals surface area contributed by atoms with Crippen LogP contribution >= 0.6 is 0 Å². The Morgan fingerprint density at radius 1 is 0.800 bits per heavy atom. The fourth-order valence-electron chi connectivity index (χ4n) is 2.93. The summed E-state index contributed by atoms with van der Waals surface area (Å²) in [6.07, 6.45) is 24.3. The minimum atomic E-state index is -0.673. The second kappa shape index (κ2) is 19.2. The standard InChI is InChI=1S/C22H40O3/c1-2-3-4-12-15-18-21(23)19-16-13-10-8-6-5-7-9-11-14-17-20-22(24)25/h2-3,12,15,21,23H,4-11,13-14,16-20H2,1H3,(H,24,25). The van der Waals surface area contributed by atoms with Crippen LogP contribution in [0.15, 0.2) is 24.3 Å². The van der Waals surface area contributed by atoms with Crippen molar-refractivity contribution in [2.45, 2.75) is 109 Å². The van der Waals surface area contributed by atoms with E-state index in [0.717, 1.165) is 38.5 Å². The number of carboxylic acid groups (broad SMARTS) is 1. The summed E-state index contributed by atoms with van der Waals surface area (Å²) >= 11 is 0. The Hall–Kier alpha value is -1.09. The van der Waals surface area contributed by atoms with Crippen LogP contribution in [-0.4, -0.2) is 22.3 Å². The van der Waals surface area contributed by atoms with Crippen LogP contribution in [-0.2, 0) is 4.79 Å². The third-order valence-corrected chi connectivity index (χ3v) is 4.51. The van der Waals surface area contributed by atoms with Crippen molar-refractivity contribution in [2.24, 2.45) is 0 Å². The number of carboxylic acids is 1. The summed E-state index contributed by atoms with van der Waals surface area (Å²) in [5.74, 6) is -0.673. The maximum absolute atomic E-state index is 10.4. The zero-order valence-electron chi connectivity index (χ0n) is 16.3. The molecule has 3 heteroatoms. The van der Waals surface area contributed by atoms with Crippen LogP contribution in [0.4, 0.5) is 0 Å². The van der Waals surface area contributed by atoms with Crippen molar-refractivity contribution in [1.82, 2.24) is 0 Å². The number of allylic oxidation sites excluding steroid dienone is 3. The maximum Gasteiger partial charge on any atom is 0.303 e. The molecule has 146 valence electrons. The van der Waals surface area contributed by atoms with E-state index in [9.17, 15) is 9.90 Å². The number of aliphatic carboxylic acids is 1. The van der Waals surface area contributed by atoms with E-state index in [1.807, 2.05) is 13.0 Å². The fourth-order valence-corrected chi connectivity index (χ4v) is 2.93. The molecule has 0 amide bonds. The van der Waals surface area contributed by atoms with Crippen molar-refractivity contribution in [3.63, 3.8) is 0 Å². The predicted octanol–water partition coefficient (Wildman–Crippen LogP) is 6.42. The highest BCUT2D eigenvalue weighted by molar-refractivity contribution is 5.66. The quantitative estimate of drug-likeness (QED) is 0.221. The molecular weight excluding hydrogens is 312 g/mol. The molecule has 0 aromatic rings. The third kappa shape index (κ3) is 20.9. The number of aliphatic hydroxyl groups is 1. The molecule has 1 unspecified atom stereocenters. The van der Waals surface area contributed by atoms with Crippen LogP contribution in [0.5, 0.6) is 0 Å². The Morgan fingerprint density at radius 2 is 1.32 bits per heavy atom. The van der Waals surface area contributed by atoms with Gasteiger partial charge in [-0.1, -0.05) is 88.5 Å². The molecule has 1 atom stereocenters.